The second kappa shape index (κ2) is 5.70. The Morgan fingerprint density at radius 2 is 2.44 bits per heavy atom. The molecule has 1 heterocycles. The molecule has 1 aliphatic rings. The Hall–Kier alpha value is -1.09. The van der Waals surface area contributed by atoms with Gasteiger partial charge in [-0.2, -0.15) is 5.26 Å². The molecule has 4 nitrogen and oxygen atoms in total. The van der Waals surface area contributed by atoms with Gasteiger partial charge in [0.2, 0.25) is 0 Å². The fraction of sp³-hybridized carbons (Fsp3) is 0.462. The summed E-state index contributed by atoms with van der Waals surface area (Å²) in [5.41, 5.74) is 1.15. The van der Waals surface area contributed by atoms with Gasteiger partial charge in [0.05, 0.1) is 17.9 Å². The molecule has 0 spiro atoms. The first kappa shape index (κ1) is 13.3. The lowest BCUT2D eigenvalue weighted by molar-refractivity contribution is -0.00620. The molecular formula is C13H15BrN2O2. The first-order valence-electron chi connectivity index (χ1n) is 5.76. The van der Waals surface area contributed by atoms with E-state index in [-0.39, 0.29) is 5.60 Å². The van der Waals surface area contributed by atoms with E-state index in [9.17, 15) is 0 Å². The van der Waals surface area contributed by atoms with Crippen molar-refractivity contribution in [1.82, 2.24) is 0 Å². The summed E-state index contributed by atoms with van der Waals surface area (Å²) in [4.78, 5) is 0. The molecule has 1 N–H and O–H groups in total. The minimum atomic E-state index is -0.283. The second-order valence-electron chi connectivity index (χ2n) is 4.32. The summed E-state index contributed by atoms with van der Waals surface area (Å²) >= 11 is 3.37. The van der Waals surface area contributed by atoms with Crippen LogP contribution in [0, 0.1) is 11.3 Å². The van der Waals surface area contributed by atoms with Crippen LogP contribution < -0.4 is 5.32 Å². The molecule has 18 heavy (non-hydrogen) atoms. The average Bonchev–Trinajstić information content (AvgIpc) is 2.86. The van der Waals surface area contributed by atoms with Crippen LogP contribution in [0.3, 0.4) is 0 Å². The van der Waals surface area contributed by atoms with E-state index in [1.807, 2.05) is 18.2 Å². The maximum Gasteiger partial charge on any atom is 0.110 e. The highest BCUT2D eigenvalue weighted by molar-refractivity contribution is 9.10. The minimum Gasteiger partial charge on any atom is -0.381 e. The van der Waals surface area contributed by atoms with Gasteiger partial charge in [-0.25, -0.2) is 0 Å². The summed E-state index contributed by atoms with van der Waals surface area (Å²) in [6, 6.07) is 7.84. The molecule has 1 saturated heterocycles. The Labute approximate surface area is 115 Å². The van der Waals surface area contributed by atoms with Crippen molar-refractivity contribution >= 4 is 21.6 Å². The number of anilines is 1. The Morgan fingerprint density at radius 3 is 3.06 bits per heavy atom. The van der Waals surface area contributed by atoms with Gasteiger partial charge in [0.1, 0.15) is 11.7 Å². The van der Waals surface area contributed by atoms with E-state index in [1.54, 1.807) is 7.11 Å². The zero-order chi connectivity index (χ0) is 13.0. The zero-order valence-corrected chi connectivity index (χ0v) is 11.8. The summed E-state index contributed by atoms with van der Waals surface area (Å²) in [5, 5.41) is 12.4. The molecule has 1 fully saturated rings. The molecule has 96 valence electrons. The molecule has 0 amide bonds. The van der Waals surface area contributed by atoms with Crippen molar-refractivity contribution in [3.8, 4) is 6.07 Å². The number of nitrogens with one attached hydrogen (secondary N) is 1. The van der Waals surface area contributed by atoms with Crippen LogP contribution in [0.5, 0.6) is 0 Å². The van der Waals surface area contributed by atoms with Gasteiger partial charge in [-0.15, -0.1) is 0 Å². The fourth-order valence-corrected chi connectivity index (χ4v) is 2.46. The highest BCUT2D eigenvalue weighted by Gasteiger charge is 2.34. The largest absolute Gasteiger partial charge is 0.381 e. The van der Waals surface area contributed by atoms with E-state index in [1.165, 1.54) is 0 Å². The highest BCUT2D eigenvalue weighted by Crippen LogP contribution is 2.27. The van der Waals surface area contributed by atoms with E-state index in [0.717, 1.165) is 23.2 Å². The molecule has 1 unspecified atom stereocenters. The minimum absolute atomic E-state index is 0.283. The van der Waals surface area contributed by atoms with Gasteiger partial charge in [0.25, 0.3) is 0 Å². The maximum atomic E-state index is 9.14. The number of hydrogen-bond acceptors (Lipinski definition) is 4. The topological polar surface area (TPSA) is 54.3 Å². The van der Waals surface area contributed by atoms with Crippen LogP contribution in [-0.2, 0) is 9.47 Å². The predicted molar refractivity (Wildman–Crippen MR) is 72.5 cm³/mol. The van der Waals surface area contributed by atoms with Gasteiger partial charge < -0.3 is 14.8 Å². The molecule has 0 aliphatic carbocycles. The van der Waals surface area contributed by atoms with Gasteiger partial charge in [-0.05, 0) is 28.1 Å². The third kappa shape index (κ3) is 2.66. The molecule has 0 bridgehead atoms. The smallest absolute Gasteiger partial charge is 0.110 e. The van der Waals surface area contributed by atoms with E-state index in [2.05, 4.69) is 27.3 Å². The van der Waals surface area contributed by atoms with Gasteiger partial charge in [-0.3, -0.25) is 0 Å². The van der Waals surface area contributed by atoms with E-state index in [0.29, 0.717) is 18.7 Å². The van der Waals surface area contributed by atoms with Crippen LogP contribution in [0.2, 0.25) is 0 Å². The number of ether oxygens (including phenoxy) is 2. The number of benzene rings is 1. The molecule has 0 aromatic heterocycles. The lowest BCUT2D eigenvalue weighted by Gasteiger charge is -2.26. The summed E-state index contributed by atoms with van der Waals surface area (Å²) < 4.78 is 11.7. The fourth-order valence-electron chi connectivity index (χ4n) is 2.00. The van der Waals surface area contributed by atoms with Gasteiger partial charge in [-0.1, -0.05) is 6.07 Å². The van der Waals surface area contributed by atoms with Gasteiger partial charge in [0, 0.05) is 31.2 Å². The van der Waals surface area contributed by atoms with Crippen molar-refractivity contribution in [3.05, 3.63) is 28.2 Å². The molecule has 1 aromatic rings. The van der Waals surface area contributed by atoms with Crippen LogP contribution >= 0.6 is 15.9 Å². The van der Waals surface area contributed by atoms with Crippen LogP contribution in [0.1, 0.15) is 12.0 Å². The number of hydrogen-bond donors (Lipinski definition) is 1. The number of halogens is 1. The predicted octanol–water partition coefficient (Wildman–Crippen LogP) is 2.54. The highest BCUT2D eigenvalue weighted by atomic mass is 79.9. The van der Waals surface area contributed by atoms with Gasteiger partial charge >= 0.3 is 0 Å². The van der Waals surface area contributed by atoms with Crippen LogP contribution in [-0.4, -0.2) is 32.5 Å². The SMILES string of the molecule is COC1(CNc2cccc(Br)c2C#N)CCOC1. The third-order valence-corrected chi connectivity index (χ3v) is 3.89. The quantitative estimate of drug-likeness (QED) is 0.928. The van der Waals surface area contributed by atoms with Crippen molar-refractivity contribution in [2.75, 3.05) is 32.2 Å². The van der Waals surface area contributed by atoms with Crippen molar-refractivity contribution in [3.63, 3.8) is 0 Å². The van der Waals surface area contributed by atoms with Crippen molar-refractivity contribution < 1.29 is 9.47 Å². The first-order chi connectivity index (χ1) is 8.71. The summed E-state index contributed by atoms with van der Waals surface area (Å²) in [6.07, 6.45) is 0.867. The molecule has 5 heteroatoms. The molecule has 1 aliphatic heterocycles. The Morgan fingerprint density at radius 1 is 1.61 bits per heavy atom. The first-order valence-corrected chi connectivity index (χ1v) is 6.55. The number of nitrogens with zero attached hydrogens (tertiary/aromatic N) is 1. The average molecular weight is 311 g/mol. The molecule has 1 aromatic carbocycles. The zero-order valence-electron chi connectivity index (χ0n) is 10.2. The maximum absolute atomic E-state index is 9.14. The Bertz CT molecular complexity index is 465. The monoisotopic (exact) mass is 310 g/mol. The Kier molecular flexibility index (Phi) is 4.23. The van der Waals surface area contributed by atoms with Crippen molar-refractivity contribution in [2.24, 2.45) is 0 Å². The van der Waals surface area contributed by atoms with Crippen LogP contribution in [0.15, 0.2) is 22.7 Å². The Balaban J connectivity index is 2.11. The van der Waals surface area contributed by atoms with Crippen LogP contribution in [0.25, 0.3) is 0 Å². The molecule has 2 rings (SSSR count). The molecule has 0 saturated carbocycles. The molecule has 1 atom stereocenters. The van der Waals surface area contributed by atoms with E-state index >= 15 is 0 Å². The lowest BCUT2D eigenvalue weighted by atomic mass is 10.0. The number of rotatable bonds is 4. The lowest BCUT2D eigenvalue weighted by Crippen LogP contribution is -2.39. The standard InChI is InChI=1S/C13H15BrN2O2/c1-17-13(5-6-18-9-13)8-16-12-4-2-3-11(14)10(12)7-15/h2-4,16H,5-6,8-9H2,1H3. The number of methoxy groups -OCH3 is 1. The van der Waals surface area contributed by atoms with E-state index < -0.39 is 0 Å². The van der Waals surface area contributed by atoms with Crippen molar-refractivity contribution in [2.45, 2.75) is 12.0 Å². The van der Waals surface area contributed by atoms with E-state index in [4.69, 9.17) is 14.7 Å². The summed E-state index contributed by atoms with van der Waals surface area (Å²) in [6.45, 7) is 1.94. The summed E-state index contributed by atoms with van der Waals surface area (Å²) in [7, 11) is 1.70. The van der Waals surface area contributed by atoms with Crippen LogP contribution in [0.4, 0.5) is 5.69 Å². The third-order valence-electron chi connectivity index (χ3n) is 3.23. The van der Waals surface area contributed by atoms with Gasteiger partial charge in [0.15, 0.2) is 0 Å². The summed E-state index contributed by atoms with van der Waals surface area (Å²) in [5.74, 6) is 0. The normalized spacial score (nSPS) is 22.7. The van der Waals surface area contributed by atoms with Crippen molar-refractivity contribution in [1.29, 1.82) is 5.26 Å². The second-order valence-corrected chi connectivity index (χ2v) is 5.17. The molecular weight excluding hydrogens is 296 g/mol. The number of nitriles is 1. The molecule has 0 radical (unpaired) electrons.